The van der Waals surface area contributed by atoms with Crippen LogP contribution in [0.3, 0.4) is 0 Å². The number of nitrogens with zero attached hydrogens (tertiary/aromatic N) is 1. The van der Waals surface area contributed by atoms with E-state index in [2.05, 4.69) is 0 Å². The van der Waals surface area contributed by atoms with Crippen molar-refractivity contribution in [1.29, 1.82) is 0 Å². The second-order valence-electron chi connectivity index (χ2n) is 4.92. The molecular formula is C16H13F3NS+. The molecule has 0 spiro atoms. The van der Waals surface area contributed by atoms with Crippen LogP contribution in [0.15, 0.2) is 47.4 Å². The number of alkyl halides is 3. The Kier molecular flexibility index (Phi) is 3.53. The summed E-state index contributed by atoms with van der Waals surface area (Å²) in [4.78, 5) is 0.926. The molecule has 0 unspecified atom stereocenters. The summed E-state index contributed by atoms with van der Waals surface area (Å²) >= 11 is 1.56. The van der Waals surface area contributed by atoms with Gasteiger partial charge in [-0.1, -0.05) is 30.0 Å². The van der Waals surface area contributed by atoms with Gasteiger partial charge in [0.15, 0.2) is 12.1 Å². The molecule has 2 aromatic carbocycles. The number of aryl methyl sites for hydroxylation is 1. The number of hydrogen-bond donors (Lipinski definition) is 0. The zero-order valence-electron chi connectivity index (χ0n) is 11.3. The molecule has 0 saturated carbocycles. The van der Waals surface area contributed by atoms with Crippen molar-refractivity contribution in [1.82, 2.24) is 0 Å². The average Bonchev–Trinajstić information content (AvgIpc) is 2.46. The molecule has 0 fully saturated rings. The van der Waals surface area contributed by atoms with Crippen LogP contribution in [0.4, 0.5) is 18.9 Å². The third-order valence-corrected chi connectivity index (χ3v) is 4.62. The standard InChI is InChI=1S/C16H13F3NS/c1-11-7-13(16(17,18)19)8-12-9-20(10-21-15(11)12)14-5-3-2-4-6-14/h2-9H,10H2,1H3/q+1. The minimum absolute atomic E-state index is 0.592. The molecule has 0 N–H and O–H groups in total. The fraction of sp³-hybridized carbons (Fsp3) is 0.188. The van der Waals surface area contributed by atoms with Crippen LogP contribution in [0.5, 0.6) is 0 Å². The molecule has 0 aliphatic carbocycles. The van der Waals surface area contributed by atoms with Crippen molar-refractivity contribution in [3.8, 4) is 0 Å². The molecule has 0 radical (unpaired) electrons. The summed E-state index contributed by atoms with van der Waals surface area (Å²) in [6.45, 7) is 1.73. The predicted octanol–water partition coefficient (Wildman–Crippen LogP) is 4.84. The Labute approximate surface area is 125 Å². The first-order valence-electron chi connectivity index (χ1n) is 6.46. The lowest BCUT2D eigenvalue weighted by Crippen LogP contribution is -2.15. The van der Waals surface area contributed by atoms with Gasteiger partial charge in [-0.25, -0.2) is 0 Å². The fourth-order valence-corrected chi connectivity index (χ4v) is 3.42. The molecule has 108 valence electrons. The van der Waals surface area contributed by atoms with E-state index in [0.29, 0.717) is 17.0 Å². The average molecular weight is 308 g/mol. The molecule has 5 heteroatoms. The molecule has 1 nitrogen and oxygen atoms in total. The number of rotatable bonds is 1. The minimum Gasteiger partial charge on any atom is -0.188 e. The first-order chi connectivity index (χ1) is 9.95. The summed E-state index contributed by atoms with van der Waals surface area (Å²) < 4.78 is 40.7. The van der Waals surface area contributed by atoms with Gasteiger partial charge in [-0.3, -0.25) is 0 Å². The van der Waals surface area contributed by atoms with E-state index in [1.807, 2.05) is 34.9 Å². The Hall–Kier alpha value is -1.75. The number of hydrogen-bond acceptors (Lipinski definition) is 1. The Bertz CT molecular complexity index is 705. The number of halogens is 3. The molecule has 0 amide bonds. The first-order valence-corrected chi connectivity index (χ1v) is 7.45. The summed E-state index contributed by atoms with van der Waals surface area (Å²) in [5, 5.41) is 0. The second-order valence-corrected chi connectivity index (χ2v) is 5.87. The van der Waals surface area contributed by atoms with E-state index in [9.17, 15) is 13.2 Å². The van der Waals surface area contributed by atoms with Gasteiger partial charge in [-0.15, -0.1) is 0 Å². The highest BCUT2D eigenvalue weighted by Gasteiger charge is 2.33. The van der Waals surface area contributed by atoms with Crippen molar-refractivity contribution in [2.24, 2.45) is 0 Å². The minimum atomic E-state index is -4.31. The first kappa shape index (κ1) is 14.2. The summed E-state index contributed by atoms with van der Waals surface area (Å²) in [6.07, 6.45) is -2.52. The Morgan fingerprint density at radius 3 is 2.48 bits per heavy atom. The molecule has 0 atom stereocenters. The molecule has 0 aromatic heterocycles. The molecular weight excluding hydrogens is 295 g/mol. The van der Waals surface area contributed by atoms with Gasteiger partial charge in [0, 0.05) is 17.0 Å². The molecule has 0 bridgehead atoms. The van der Waals surface area contributed by atoms with Crippen molar-refractivity contribution in [2.45, 2.75) is 18.0 Å². The van der Waals surface area contributed by atoms with Gasteiger partial charge in [0.25, 0.3) is 0 Å². The van der Waals surface area contributed by atoms with Gasteiger partial charge in [0.05, 0.1) is 11.1 Å². The largest absolute Gasteiger partial charge is 0.416 e. The molecule has 3 rings (SSSR count). The highest BCUT2D eigenvalue weighted by molar-refractivity contribution is 7.99. The molecule has 1 aliphatic heterocycles. The fourth-order valence-electron chi connectivity index (χ4n) is 2.37. The van der Waals surface area contributed by atoms with Crippen molar-refractivity contribution >= 4 is 23.7 Å². The third kappa shape index (κ3) is 2.83. The number of benzene rings is 2. The van der Waals surface area contributed by atoms with Crippen LogP contribution < -0.4 is 0 Å². The molecule has 2 aromatic rings. The SMILES string of the molecule is Cc1cc(C(F)(F)F)cc2c1SC[N+](c1ccccc1)=C2. The lowest BCUT2D eigenvalue weighted by molar-refractivity contribution is -0.411. The Morgan fingerprint density at radius 1 is 1.10 bits per heavy atom. The maximum Gasteiger partial charge on any atom is 0.416 e. The Balaban J connectivity index is 2.09. The lowest BCUT2D eigenvalue weighted by atomic mass is 10.1. The van der Waals surface area contributed by atoms with E-state index in [4.69, 9.17) is 0 Å². The number of thioether (sulfide) groups is 1. The van der Waals surface area contributed by atoms with E-state index < -0.39 is 11.7 Å². The van der Waals surface area contributed by atoms with Gasteiger partial charge in [-0.2, -0.15) is 17.7 Å². The van der Waals surface area contributed by atoms with Crippen LogP contribution in [0, 0.1) is 6.92 Å². The maximum absolute atomic E-state index is 12.9. The smallest absolute Gasteiger partial charge is 0.188 e. The molecule has 1 heterocycles. The zero-order valence-corrected chi connectivity index (χ0v) is 12.1. The van der Waals surface area contributed by atoms with Gasteiger partial charge >= 0.3 is 6.18 Å². The quantitative estimate of drug-likeness (QED) is 0.681. The summed E-state index contributed by atoms with van der Waals surface area (Å²) in [5.41, 5.74) is 1.69. The normalized spacial score (nSPS) is 14.6. The van der Waals surface area contributed by atoms with Crippen LogP contribution in [-0.4, -0.2) is 16.7 Å². The van der Waals surface area contributed by atoms with Crippen LogP contribution in [0.25, 0.3) is 0 Å². The van der Waals surface area contributed by atoms with Crippen LogP contribution >= 0.6 is 11.8 Å². The van der Waals surface area contributed by atoms with Gasteiger partial charge < -0.3 is 0 Å². The molecule has 1 aliphatic rings. The van der Waals surface area contributed by atoms with Crippen LogP contribution in [0.1, 0.15) is 16.7 Å². The number of para-hydroxylation sites is 1. The summed E-state index contributed by atoms with van der Waals surface area (Å²) in [6, 6.07) is 12.1. The highest BCUT2D eigenvalue weighted by Crippen LogP contribution is 2.37. The molecule has 0 saturated heterocycles. The zero-order chi connectivity index (χ0) is 15.0. The number of fused-ring (bicyclic) bond motifs is 1. The van der Waals surface area contributed by atoms with Crippen LogP contribution in [0.2, 0.25) is 0 Å². The van der Waals surface area contributed by atoms with Gasteiger partial charge in [0.1, 0.15) is 0 Å². The maximum atomic E-state index is 12.9. The van der Waals surface area contributed by atoms with E-state index >= 15 is 0 Å². The monoisotopic (exact) mass is 308 g/mol. The predicted molar refractivity (Wildman–Crippen MR) is 78.4 cm³/mol. The van der Waals surface area contributed by atoms with Crippen molar-refractivity contribution in [3.63, 3.8) is 0 Å². The van der Waals surface area contributed by atoms with E-state index in [1.165, 1.54) is 12.1 Å². The van der Waals surface area contributed by atoms with Crippen LogP contribution in [-0.2, 0) is 6.18 Å². The van der Waals surface area contributed by atoms with E-state index in [0.717, 1.165) is 10.6 Å². The van der Waals surface area contributed by atoms with Crippen molar-refractivity contribution in [3.05, 3.63) is 59.2 Å². The summed E-state index contributed by atoms with van der Waals surface area (Å²) in [5.74, 6) is 0.698. The summed E-state index contributed by atoms with van der Waals surface area (Å²) in [7, 11) is 0. The van der Waals surface area contributed by atoms with Crippen molar-refractivity contribution < 1.29 is 17.7 Å². The van der Waals surface area contributed by atoms with E-state index in [1.54, 1.807) is 24.9 Å². The lowest BCUT2D eigenvalue weighted by Gasteiger charge is -2.16. The topological polar surface area (TPSA) is 3.01 Å². The van der Waals surface area contributed by atoms with Crippen molar-refractivity contribution in [2.75, 3.05) is 5.88 Å². The highest BCUT2D eigenvalue weighted by atomic mass is 32.2. The molecule has 21 heavy (non-hydrogen) atoms. The second kappa shape index (κ2) is 5.22. The Morgan fingerprint density at radius 2 is 1.81 bits per heavy atom. The van der Waals surface area contributed by atoms with Gasteiger partial charge in [-0.05, 0) is 24.6 Å². The van der Waals surface area contributed by atoms with Gasteiger partial charge in [0.2, 0.25) is 5.69 Å². The van der Waals surface area contributed by atoms with E-state index in [-0.39, 0.29) is 0 Å². The third-order valence-electron chi connectivity index (χ3n) is 3.36.